The second kappa shape index (κ2) is 5.08. The molecule has 2 aromatic rings. The fourth-order valence-electron chi connectivity index (χ4n) is 2.57. The highest BCUT2D eigenvalue weighted by atomic mass is 16.3. The third kappa shape index (κ3) is 2.81. The zero-order valence-corrected chi connectivity index (χ0v) is 12.1. The number of hydrogen-bond donors (Lipinski definition) is 1. The van der Waals surface area contributed by atoms with Crippen LogP contribution in [0, 0.1) is 0 Å². The van der Waals surface area contributed by atoms with E-state index in [1.807, 2.05) is 24.3 Å². The number of phenolic OH excluding ortho intramolecular Hbond substituents is 1. The molecule has 0 aliphatic carbocycles. The summed E-state index contributed by atoms with van der Waals surface area (Å²) in [5.74, 6) is 0.584. The average molecular weight is 254 g/mol. The molecule has 0 spiro atoms. The van der Waals surface area contributed by atoms with Crippen molar-refractivity contribution in [1.29, 1.82) is 0 Å². The molecule has 1 nitrogen and oxygen atoms in total. The Bertz CT molecular complexity index is 550. The summed E-state index contributed by atoms with van der Waals surface area (Å²) in [5.41, 5.74) is 3.51. The van der Waals surface area contributed by atoms with E-state index in [2.05, 4.69) is 45.9 Å². The second-order valence-electron chi connectivity index (χ2n) is 6.12. The van der Waals surface area contributed by atoms with Gasteiger partial charge in [0.05, 0.1) is 0 Å². The van der Waals surface area contributed by atoms with E-state index in [-0.39, 0.29) is 11.3 Å². The summed E-state index contributed by atoms with van der Waals surface area (Å²) < 4.78 is 0. The molecule has 0 aromatic heterocycles. The molecule has 0 saturated heterocycles. The fraction of sp³-hybridized carbons (Fsp3) is 0.333. The molecule has 0 aliphatic heterocycles. The molecule has 2 rings (SSSR count). The van der Waals surface area contributed by atoms with Crippen LogP contribution >= 0.6 is 0 Å². The van der Waals surface area contributed by atoms with Crippen LogP contribution in [0.4, 0.5) is 0 Å². The van der Waals surface area contributed by atoms with Crippen LogP contribution < -0.4 is 0 Å². The minimum atomic E-state index is 0.0249. The molecule has 0 radical (unpaired) electrons. The summed E-state index contributed by atoms with van der Waals surface area (Å²) in [7, 11) is 0. The Labute approximate surface area is 115 Å². The predicted molar refractivity (Wildman–Crippen MR) is 80.8 cm³/mol. The first-order valence-electron chi connectivity index (χ1n) is 6.78. The topological polar surface area (TPSA) is 20.2 Å². The molecule has 1 atom stereocenters. The molecule has 0 aliphatic rings. The Morgan fingerprint density at radius 1 is 0.895 bits per heavy atom. The van der Waals surface area contributed by atoms with Crippen molar-refractivity contribution in [2.24, 2.45) is 0 Å². The first-order valence-corrected chi connectivity index (χ1v) is 6.78. The molecular weight excluding hydrogens is 232 g/mol. The minimum absolute atomic E-state index is 0.0249. The molecule has 2 aromatic carbocycles. The van der Waals surface area contributed by atoms with Gasteiger partial charge >= 0.3 is 0 Å². The molecule has 0 saturated carbocycles. The van der Waals surface area contributed by atoms with Gasteiger partial charge in [0.25, 0.3) is 0 Å². The summed E-state index contributed by atoms with van der Waals surface area (Å²) >= 11 is 0. The van der Waals surface area contributed by atoms with Gasteiger partial charge in [-0.3, -0.25) is 0 Å². The van der Waals surface area contributed by atoms with Gasteiger partial charge < -0.3 is 5.11 Å². The van der Waals surface area contributed by atoms with E-state index in [4.69, 9.17) is 0 Å². The quantitative estimate of drug-likeness (QED) is 0.813. The predicted octanol–water partition coefficient (Wildman–Crippen LogP) is 4.84. The monoisotopic (exact) mass is 254 g/mol. The molecule has 0 bridgehead atoms. The largest absolute Gasteiger partial charge is 0.508 e. The zero-order chi connectivity index (χ0) is 14.0. The van der Waals surface area contributed by atoms with E-state index in [0.29, 0.717) is 5.75 Å². The highest BCUT2D eigenvalue weighted by Crippen LogP contribution is 2.38. The maximum atomic E-state index is 10.3. The van der Waals surface area contributed by atoms with Crippen molar-refractivity contribution in [3.05, 3.63) is 65.2 Å². The zero-order valence-electron chi connectivity index (χ0n) is 12.1. The van der Waals surface area contributed by atoms with E-state index in [1.165, 1.54) is 11.1 Å². The van der Waals surface area contributed by atoms with E-state index < -0.39 is 0 Å². The number of phenols is 1. The van der Waals surface area contributed by atoms with Gasteiger partial charge in [-0.05, 0) is 22.6 Å². The molecule has 19 heavy (non-hydrogen) atoms. The van der Waals surface area contributed by atoms with Gasteiger partial charge in [-0.25, -0.2) is 0 Å². The van der Waals surface area contributed by atoms with Crippen LogP contribution in [0.25, 0.3) is 0 Å². The van der Waals surface area contributed by atoms with Crippen LogP contribution in [0.5, 0.6) is 5.75 Å². The van der Waals surface area contributed by atoms with E-state index in [0.717, 1.165) is 5.56 Å². The van der Waals surface area contributed by atoms with Crippen LogP contribution in [0.1, 0.15) is 50.3 Å². The molecule has 0 heterocycles. The summed E-state index contributed by atoms with van der Waals surface area (Å²) in [5, 5.41) is 10.3. The van der Waals surface area contributed by atoms with Crippen molar-refractivity contribution >= 4 is 0 Å². The van der Waals surface area contributed by atoms with Gasteiger partial charge in [-0.2, -0.15) is 0 Å². The van der Waals surface area contributed by atoms with Gasteiger partial charge in [0.15, 0.2) is 0 Å². The summed E-state index contributed by atoms with van der Waals surface area (Å²) in [6, 6.07) is 16.2. The van der Waals surface area contributed by atoms with Crippen molar-refractivity contribution in [3.8, 4) is 5.75 Å². The highest BCUT2D eigenvalue weighted by molar-refractivity contribution is 5.48. The van der Waals surface area contributed by atoms with Gasteiger partial charge in [0, 0.05) is 11.5 Å². The molecular formula is C18H22O. The molecule has 1 heteroatoms. The Hall–Kier alpha value is -1.76. The van der Waals surface area contributed by atoms with E-state index in [9.17, 15) is 5.11 Å². The average Bonchev–Trinajstić information content (AvgIpc) is 2.37. The molecule has 100 valence electrons. The smallest absolute Gasteiger partial charge is 0.119 e. The third-order valence-electron chi connectivity index (χ3n) is 3.62. The van der Waals surface area contributed by atoms with Crippen molar-refractivity contribution in [2.75, 3.05) is 0 Å². The standard InChI is InChI=1S/C18H22O/c1-13(14-9-6-5-7-10-14)17-15(18(2,3)4)11-8-12-16(17)19/h5-13,19H,1-4H3. The number of aromatic hydroxyl groups is 1. The summed E-state index contributed by atoms with van der Waals surface area (Å²) in [4.78, 5) is 0. The third-order valence-corrected chi connectivity index (χ3v) is 3.62. The van der Waals surface area contributed by atoms with Gasteiger partial charge in [-0.1, -0.05) is 70.2 Å². The lowest BCUT2D eigenvalue weighted by Gasteiger charge is -2.27. The van der Waals surface area contributed by atoms with E-state index in [1.54, 1.807) is 6.07 Å². The molecule has 1 unspecified atom stereocenters. The van der Waals surface area contributed by atoms with Crippen LogP contribution in [-0.4, -0.2) is 5.11 Å². The maximum absolute atomic E-state index is 10.3. The molecule has 0 fully saturated rings. The summed E-state index contributed by atoms with van der Waals surface area (Å²) in [6.07, 6.45) is 0. The van der Waals surface area contributed by atoms with Crippen molar-refractivity contribution in [2.45, 2.75) is 39.0 Å². The fourth-order valence-corrected chi connectivity index (χ4v) is 2.57. The van der Waals surface area contributed by atoms with Gasteiger partial charge in [-0.15, -0.1) is 0 Å². The molecule has 1 N–H and O–H groups in total. The van der Waals surface area contributed by atoms with Crippen LogP contribution in [0.2, 0.25) is 0 Å². The second-order valence-corrected chi connectivity index (χ2v) is 6.12. The van der Waals surface area contributed by atoms with Crippen LogP contribution in [0.15, 0.2) is 48.5 Å². The number of rotatable bonds is 2. The highest BCUT2D eigenvalue weighted by Gasteiger charge is 2.24. The minimum Gasteiger partial charge on any atom is -0.508 e. The SMILES string of the molecule is CC(c1ccccc1)c1c(O)cccc1C(C)(C)C. The lowest BCUT2D eigenvalue weighted by atomic mass is 9.78. The van der Waals surface area contributed by atoms with Gasteiger partial charge in [0.1, 0.15) is 5.75 Å². The Balaban J connectivity index is 2.56. The lowest BCUT2D eigenvalue weighted by molar-refractivity contribution is 0.459. The van der Waals surface area contributed by atoms with Crippen molar-refractivity contribution < 1.29 is 5.11 Å². The lowest BCUT2D eigenvalue weighted by Crippen LogP contribution is -2.16. The van der Waals surface area contributed by atoms with Crippen LogP contribution in [-0.2, 0) is 5.41 Å². The normalized spacial score (nSPS) is 13.3. The number of hydrogen-bond acceptors (Lipinski definition) is 1. The van der Waals surface area contributed by atoms with Crippen LogP contribution in [0.3, 0.4) is 0 Å². The van der Waals surface area contributed by atoms with Crippen molar-refractivity contribution in [3.63, 3.8) is 0 Å². The first kappa shape index (κ1) is 13.7. The first-order chi connectivity index (χ1) is 8.91. The number of benzene rings is 2. The maximum Gasteiger partial charge on any atom is 0.119 e. The summed E-state index contributed by atoms with van der Waals surface area (Å²) in [6.45, 7) is 8.70. The van der Waals surface area contributed by atoms with E-state index >= 15 is 0 Å². The molecule has 0 amide bonds. The van der Waals surface area contributed by atoms with Crippen molar-refractivity contribution in [1.82, 2.24) is 0 Å². The van der Waals surface area contributed by atoms with Gasteiger partial charge in [0.2, 0.25) is 0 Å². The Morgan fingerprint density at radius 2 is 1.53 bits per heavy atom. The Morgan fingerprint density at radius 3 is 2.11 bits per heavy atom. The Kier molecular flexibility index (Phi) is 3.66.